The summed E-state index contributed by atoms with van der Waals surface area (Å²) in [7, 11) is -4.05. The summed E-state index contributed by atoms with van der Waals surface area (Å²) >= 11 is 0.975. The number of rotatable bonds is 13. The van der Waals surface area contributed by atoms with E-state index < -0.39 is 52.7 Å². The third kappa shape index (κ3) is 7.83. The molecule has 0 aliphatic rings. The number of H-pyrrole nitrogens is 1. The monoisotopic (exact) mass is 716 g/mol. The summed E-state index contributed by atoms with van der Waals surface area (Å²) < 4.78 is 35.5. The predicted molar refractivity (Wildman–Crippen MR) is 182 cm³/mol. The number of carboxylic acid groups (broad SMARTS) is 1. The number of carboxylic acids is 1. The number of fused-ring (bicyclic) bond motifs is 2. The smallest absolute Gasteiger partial charge is 0.414 e. The number of para-hydroxylation sites is 1. The van der Waals surface area contributed by atoms with Crippen LogP contribution in [0.25, 0.3) is 21.4 Å². The van der Waals surface area contributed by atoms with Crippen LogP contribution in [0.15, 0.2) is 100 Å². The Morgan fingerprint density at radius 3 is 2.28 bits per heavy atom. The number of aromatic nitrogens is 5. The van der Waals surface area contributed by atoms with E-state index in [0.717, 1.165) is 16.2 Å². The number of carbonyl (C=O) groups is 3. The number of carbonyl (C=O) groups excluding carboxylic acids is 2. The van der Waals surface area contributed by atoms with E-state index in [2.05, 4.69) is 30.0 Å². The molecule has 6 aromatic rings. The van der Waals surface area contributed by atoms with Crippen LogP contribution in [-0.2, 0) is 30.9 Å². The van der Waals surface area contributed by atoms with E-state index in [9.17, 15) is 32.7 Å². The molecular weight excluding hydrogens is 689 g/mol. The molecule has 0 aliphatic heterocycles. The molecule has 0 saturated heterocycles. The number of benzene rings is 3. The van der Waals surface area contributed by atoms with E-state index in [-0.39, 0.29) is 34.5 Å². The molecule has 4 N–H and O–H groups in total. The zero-order valence-corrected chi connectivity index (χ0v) is 27.6. The summed E-state index contributed by atoms with van der Waals surface area (Å²) in [5.74, 6) is -2.34. The van der Waals surface area contributed by atoms with E-state index in [4.69, 9.17) is 4.74 Å². The minimum absolute atomic E-state index is 0.0770. The fourth-order valence-electron chi connectivity index (χ4n) is 4.99. The van der Waals surface area contributed by atoms with Gasteiger partial charge in [0.2, 0.25) is 16.2 Å². The van der Waals surface area contributed by atoms with Crippen LogP contribution in [0, 0.1) is 0 Å². The van der Waals surface area contributed by atoms with Gasteiger partial charge < -0.3 is 19.3 Å². The fraction of sp³-hybridized carbons (Fsp3) is 0.156. The van der Waals surface area contributed by atoms with Crippen molar-refractivity contribution in [3.8, 4) is 0 Å². The Bertz CT molecular complexity index is 2270. The Morgan fingerprint density at radius 1 is 0.960 bits per heavy atom. The molecule has 0 radical (unpaired) electrons. The first-order valence-corrected chi connectivity index (χ1v) is 17.2. The van der Waals surface area contributed by atoms with Gasteiger partial charge in [-0.3, -0.25) is 24.7 Å². The number of aromatic amines is 1. The molecule has 0 aliphatic carbocycles. The number of nitrogens with one attached hydrogen (secondary N) is 3. The van der Waals surface area contributed by atoms with Crippen molar-refractivity contribution < 1.29 is 32.6 Å². The van der Waals surface area contributed by atoms with E-state index in [0.29, 0.717) is 21.3 Å². The lowest BCUT2D eigenvalue weighted by atomic mass is 10.0. The average Bonchev–Trinajstić information content (AvgIpc) is 3.73. The molecule has 18 heteroatoms. The normalized spacial score (nSPS) is 11.5. The molecule has 0 bridgehead atoms. The van der Waals surface area contributed by atoms with Crippen molar-refractivity contribution in [1.29, 1.82) is 0 Å². The van der Waals surface area contributed by atoms with Gasteiger partial charge in [0.1, 0.15) is 13.1 Å². The summed E-state index contributed by atoms with van der Waals surface area (Å²) in [6.45, 7) is -1.83. The highest BCUT2D eigenvalue weighted by Crippen LogP contribution is 2.27. The highest BCUT2D eigenvalue weighted by Gasteiger charge is 2.24. The second-order valence-corrected chi connectivity index (χ2v) is 13.7. The van der Waals surface area contributed by atoms with Crippen molar-refractivity contribution >= 4 is 66.7 Å². The van der Waals surface area contributed by atoms with Crippen molar-refractivity contribution in [3.05, 3.63) is 113 Å². The van der Waals surface area contributed by atoms with Crippen LogP contribution in [0.5, 0.6) is 0 Å². The molecule has 3 aromatic carbocycles. The molecule has 16 nitrogen and oxygen atoms in total. The maximum absolute atomic E-state index is 13.3. The number of hydrogen-bond acceptors (Lipinski definition) is 11. The minimum Gasteiger partial charge on any atom is -0.480 e. The predicted octanol–water partition coefficient (Wildman–Crippen LogP) is 2.96. The van der Waals surface area contributed by atoms with Gasteiger partial charge in [0.25, 0.3) is 15.6 Å². The van der Waals surface area contributed by atoms with E-state index >= 15 is 0 Å². The highest BCUT2D eigenvalue weighted by molar-refractivity contribution is 7.91. The van der Waals surface area contributed by atoms with Gasteiger partial charge in [-0.1, -0.05) is 72.8 Å². The van der Waals surface area contributed by atoms with E-state index in [1.807, 2.05) is 36.4 Å². The number of amides is 2. The van der Waals surface area contributed by atoms with Gasteiger partial charge in [0, 0.05) is 13.1 Å². The third-order valence-electron chi connectivity index (χ3n) is 7.29. The van der Waals surface area contributed by atoms with Crippen LogP contribution >= 0.6 is 11.3 Å². The highest BCUT2D eigenvalue weighted by atomic mass is 32.2. The first-order chi connectivity index (χ1) is 24.1. The van der Waals surface area contributed by atoms with Gasteiger partial charge >= 0.3 is 12.1 Å². The van der Waals surface area contributed by atoms with Gasteiger partial charge in [0.05, 0.1) is 16.5 Å². The van der Waals surface area contributed by atoms with Crippen molar-refractivity contribution in [1.82, 2.24) is 34.1 Å². The van der Waals surface area contributed by atoms with Crippen LogP contribution in [0.4, 0.5) is 10.7 Å². The van der Waals surface area contributed by atoms with Gasteiger partial charge in [-0.15, -0.1) is 11.3 Å². The second-order valence-electron chi connectivity index (χ2n) is 10.7. The number of aliphatic carboxylic acids is 1. The molecule has 3 heterocycles. The van der Waals surface area contributed by atoms with Crippen LogP contribution in [-0.4, -0.2) is 80.5 Å². The van der Waals surface area contributed by atoms with Crippen molar-refractivity contribution in [3.63, 3.8) is 0 Å². The standard InChI is InChI=1S/C32H28N8O8S2/c41-24(39(18-25(42)43)16-15-34-50(46,47)32-35-22-13-7-8-14-23(22)49-32)17-40-19-33-26-28(40)36-30(37-29(26)44)38-31(45)48-27(20-9-3-1-4-10-20)21-11-5-2-6-12-21/h1-14,19,27,34H,15-18H2,(H,42,43)(H2,36,37,38,44,45). The second kappa shape index (κ2) is 14.6. The molecule has 0 saturated carbocycles. The van der Waals surface area contributed by atoms with Crippen LogP contribution in [0.3, 0.4) is 0 Å². The molecule has 6 rings (SSSR count). The van der Waals surface area contributed by atoms with Crippen molar-refractivity contribution in [2.75, 3.05) is 25.0 Å². The van der Waals surface area contributed by atoms with Gasteiger partial charge in [0.15, 0.2) is 17.3 Å². The SMILES string of the molecule is O=C(O)CN(CCNS(=O)(=O)c1nc2ccccc2s1)C(=O)Cn1cnc2c(=O)[nH]c(NC(=O)OC(c3ccccc3)c3ccccc3)nc21. The van der Waals surface area contributed by atoms with Gasteiger partial charge in [-0.25, -0.2) is 27.9 Å². The Hall–Kier alpha value is -5.98. The third-order valence-corrected chi connectivity index (χ3v) is 10.2. The molecule has 3 aromatic heterocycles. The maximum Gasteiger partial charge on any atom is 0.414 e. The number of nitrogens with zero attached hydrogens (tertiary/aromatic N) is 5. The summed E-state index contributed by atoms with van der Waals surface area (Å²) in [6.07, 6.45) is -0.530. The summed E-state index contributed by atoms with van der Waals surface area (Å²) in [5, 5.41) is 11.9. The minimum atomic E-state index is -4.05. The Morgan fingerprint density at radius 2 is 1.62 bits per heavy atom. The quantitative estimate of drug-likeness (QED) is 0.136. The van der Waals surface area contributed by atoms with Crippen LogP contribution in [0.2, 0.25) is 0 Å². The topological polar surface area (TPSA) is 219 Å². The number of thiazole rings is 1. The molecule has 2 amide bonds. The first-order valence-electron chi connectivity index (χ1n) is 14.9. The molecular formula is C32H28N8O8S2. The Labute approximate surface area is 287 Å². The number of anilines is 1. The molecule has 50 heavy (non-hydrogen) atoms. The molecule has 0 fully saturated rings. The van der Waals surface area contributed by atoms with E-state index in [1.165, 1.54) is 10.9 Å². The lowest BCUT2D eigenvalue weighted by molar-refractivity contribution is -0.144. The van der Waals surface area contributed by atoms with Gasteiger partial charge in [-0.05, 0) is 23.3 Å². The average molecular weight is 717 g/mol. The maximum atomic E-state index is 13.3. The number of ether oxygens (including phenoxy) is 1. The summed E-state index contributed by atoms with van der Waals surface area (Å²) in [5.41, 5.74) is 0.990. The molecule has 0 spiro atoms. The molecule has 256 valence electrons. The van der Waals surface area contributed by atoms with Crippen LogP contribution < -0.4 is 15.6 Å². The van der Waals surface area contributed by atoms with Crippen molar-refractivity contribution in [2.45, 2.75) is 17.0 Å². The lowest BCUT2D eigenvalue weighted by Gasteiger charge is -2.21. The van der Waals surface area contributed by atoms with E-state index in [1.54, 1.807) is 48.5 Å². The Balaban J connectivity index is 1.15. The summed E-state index contributed by atoms with van der Waals surface area (Å²) in [4.78, 5) is 66.5. The van der Waals surface area contributed by atoms with Crippen molar-refractivity contribution in [2.24, 2.45) is 0 Å². The number of sulfonamides is 1. The van der Waals surface area contributed by atoms with Gasteiger partial charge in [-0.2, -0.15) is 4.98 Å². The first kappa shape index (κ1) is 33.9. The molecule has 0 unspecified atom stereocenters. The van der Waals surface area contributed by atoms with Crippen LogP contribution in [0.1, 0.15) is 17.2 Å². The molecule has 0 atom stereocenters. The zero-order chi connectivity index (χ0) is 35.3. The zero-order valence-electron chi connectivity index (χ0n) is 25.9. The lowest BCUT2D eigenvalue weighted by Crippen LogP contribution is -2.42. The largest absolute Gasteiger partial charge is 0.480 e. The Kier molecular flexibility index (Phi) is 9.93. The summed E-state index contributed by atoms with van der Waals surface area (Å²) in [6, 6.07) is 25.0. The number of imidazole rings is 1. The fourth-order valence-corrected chi connectivity index (χ4v) is 7.27. The number of hydrogen-bond donors (Lipinski definition) is 4.